The molecule has 1 aromatic heterocycles. The maximum Gasteiger partial charge on any atom is 0.338 e. The molecule has 39 heavy (non-hydrogen) atoms. The molecule has 11 heteroatoms. The summed E-state index contributed by atoms with van der Waals surface area (Å²) in [4.78, 5) is 32.1. The van der Waals surface area contributed by atoms with E-state index in [0.717, 1.165) is 5.56 Å². The highest BCUT2D eigenvalue weighted by Gasteiger charge is 2.34. The Morgan fingerprint density at radius 2 is 2.08 bits per heavy atom. The van der Waals surface area contributed by atoms with Crippen molar-refractivity contribution in [2.24, 2.45) is 4.99 Å². The van der Waals surface area contributed by atoms with Crippen molar-refractivity contribution < 1.29 is 28.5 Å². The number of allylic oxidation sites excluding steroid dienone is 1. The number of benzene rings is 2. The summed E-state index contributed by atoms with van der Waals surface area (Å²) in [6.07, 6.45) is 3.40. The van der Waals surface area contributed by atoms with Crippen LogP contribution < -0.4 is 33.8 Å². The number of thiazole rings is 1. The van der Waals surface area contributed by atoms with Crippen LogP contribution in [0.3, 0.4) is 0 Å². The lowest BCUT2D eigenvalue weighted by Gasteiger charge is -2.24. The van der Waals surface area contributed by atoms with Gasteiger partial charge >= 0.3 is 5.97 Å². The molecule has 2 aromatic carbocycles. The second-order valence-corrected chi connectivity index (χ2v) is 10.4. The van der Waals surface area contributed by atoms with E-state index < -0.39 is 12.0 Å². The van der Waals surface area contributed by atoms with Crippen LogP contribution in [0, 0.1) is 0 Å². The molecule has 1 atom stereocenters. The van der Waals surface area contributed by atoms with Crippen LogP contribution in [0.1, 0.15) is 31.0 Å². The topological polar surface area (TPSA) is 97.6 Å². The summed E-state index contributed by atoms with van der Waals surface area (Å²) in [7, 11) is 1.55. The molecule has 0 amide bonds. The largest absolute Gasteiger partial charge is 0.493 e. The fourth-order valence-electron chi connectivity index (χ4n) is 4.45. The van der Waals surface area contributed by atoms with Gasteiger partial charge in [-0.25, -0.2) is 9.79 Å². The van der Waals surface area contributed by atoms with Crippen molar-refractivity contribution in [1.82, 2.24) is 4.57 Å². The highest BCUT2D eigenvalue weighted by atomic mass is 79.9. The van der Waals surface area contributed by atoms with E-state index in [0.29, 0.717) is 60.2 Å². The molecule has 9 nitrogen and oxygen atoms in total. The van der Waals surface area contributed by atoms with Gasteiger partial charge in [-0.05, 0) is 71.2 Å². The number of methoxy groups -OCH3 is 1. The Kier molecular flexibility index (Phi) is 7.62. The molecule has 3 heterocycles. The Morgan fingerprint density at radius 3 is 2.82 bits per heavy atom. The number of carbonyl (C=O) groups is 1. The maximum atomic E-state index is 13.9. The molecule has 0 saturated heterocycles. The predicted molar refractivity (Wildman–Crippen MR) is 149 cm³/mol. The summed E-state index contributed by atoms with van der Waals surface area (Å²) in [5, 5.41) is 0. The van der Waals surface area contributed by atoms with E-state index in [1.807, 2.05) is 12.1 Å². The number of nitrogens with zero attached hydrogens (tertiary/aromatic N) is 2. The van der Waals surface area contributed by atoms with Gasteiger partial charge in [-0.3, -0.25) is 9.36 Å². The Balaban J connectivity index is 1.67. The fraction of sp³-hybridized carbons (Fsp3) is 0.250. The summed E-state index contributed by atoms with van der Waals surface area (Å²) in [6, 6.07) is 8.23. The van der Waals surface area contributed by atoms with Gasteiger partial charge in [0.15, 0.2) is 27.8 Å². The van der Waals surface area contributed by atoms with Crippen LogP contribution in [0.2, 0.25) is 0 Å². The first-order valence-electron chi connectivity index (χ1n) is 12.1. The molecule has 0 N–H and O–H groups in total. The van der Waals surface area contributed by atoms with Gasteiger partial charge in [0.25, 0.3) is 5.56 Å². The number of halogens is 1. The molecular weight excluding hydrogens is 588 g/mol. The number of hydrogen-bond donors (Lipinski definition) is 0. The molecule has 0 saturated carbocycles. The number of ether oxygens (including phenoxy) is 5. The minimum Gasteiger partial charge on any atom is -0.493 e. The number of fused-ring (bicyclic) bond motifs is 2. The van der Waals surface area contributed by atoms with Gasteiger partial charge in [0.05, 0.1) is 40.0 Å². The third-order valence-electron chi connectivity index (χ3n) is 6.12. The zero-order chi connectivity index (χ0) is 27.7. The zero-order valence-corrected chi connectivity index (χ0v) is 23.9. The van der Waals surface area contributed by atoms with E-state index in [9.17, 15) is 9.59 Å². The van der Waals surface area contributed by atoms with Crippen LogP contribution >= 0.6 is 27.3 Å². The second-order valence-electron chi connectivity index (χ2n) is 8.55. The average Bonchev–Trinajstić information content (AvgIpc) is 3.50. The number of rotatable bonds is 8. The van der Waals surface area contributed by atoms with Crippen molar-refractivity contribution in [2.45, 2.75) is 19.9 Å². The van der Waals surface area contributed by atoms with E-state index in [1.54, 1.807) is 51.3 Å². The van der Waals surface area contributed by atoms with Crippen LogP contribution in [0.25, 0.3) is 6.08 Å². The predicted octanol–water partition coefficient (Wildman–Crippen LogP) is 3.86. The molecule has 2 aliphatic heterocycles. The molecule has 3 aromatic rings. The van der Waals surface area contributed by atoms with Gasteiger partial charge in [0.1, 0.15) is 6.61 Å². The van der Waals surface area contributed by atoms with Crippen LogP contribution in [-0.4, -0.2) is 37.7 Å². The minimum absolute atomic E-state index is 0.109. The van der Waals surface area contributed by atoms with Gasteiger partial charge < -0.3 is 23.7 Å². The monoisotopic (exact) mass is 612 g/mol. The van der Waals surface area contributed by atoms with E-state index in [2.05, 4.69) is 27.5 Å². The van der Waals surface area contributed by atoms with Gasteiger partial charge in [-0.2, -0.15) is 0 Å². The third-order valence-corrected chi connectivity index (χ3v) is 7.70. The Hall–Kier alpha value is -3.83. The van der Waals surface area contributed by atoms with E-state index >= 15 is 0 Å². The molecule has 0 aliphatic carbocycles. The molecule has 2 aliphatic rings. The van der Waals surface area contributed by atoms with Gasteiger partial charge in [-0.1, -0.05) is 30.1 Å². The molecule has 202 valence electrons. The summed E-state index contributed by atoms with van der Waals surface area (Å²) in [6.45, 7) is 7.77. The summed E-state index contributed by atoms with van der Waals surface area (Å²) >= 11 is 4.77. The van der Waals surface area contributed by atoms with Crippen molar-refractivity contribution >= 4 is 39.3 Å². The lowest BCUT2D eigenvalue weighted by Crippen LogP contribution is -2.39. The van der Waals surface area contributed by atoms with Crippen molar-refractivity contribution in [2.75, 3.05) is 27.1 Å². The number of esters is 1. The van der Waals surface area contributed by atoms with Crippen molar-refractivity contribution in [3.63, 3.8) is 0 Å². The first-order valence-corrected chi connectivity index (χ1v) is 13.7. The second kappa shape index (κ2) is 11.1. The van der Waals surface area contributed by atoms with Gasteiger partial charge in [0.2, 0.25) is 6.79 Å². The van der Waals surface area contributed by atoms with Crippen molar-refractivity contribution in [3.8, 4) is 23.0 Å². The number of carbonyl (C=O) groups excluding carboxylic acids is 1. The Labute approximate surface area is 236 Å². The number of aromatic nitrogens is 1. The van der Waals surface area contributed by atoms with Gasteiger partial charge in [0, 0.05) is 0 Å². The number of hydrogen-bond acceptors (Lipinski definition) is 9. The van der Waals surface area contributed by atoms with E-state index in [-0.39, 0.29) is 19.0 Å². The zero-order valence-electron chi connectivity index (χ0n) is 21.5. The molecule has 0 fully saturated rings. The Bertz CT molecular complexity index is 1690. The molecule has 0 bridgehead atoms. The quantitative estimate of drug-likeness (QED) is 0.281. The average molecular weight is 613 g/mol. The first kappa shape index (κ1) is 26.8. The summed E-state index contributed by atoms with van der Waals surface area (Å²) in [5.74, 6) is 1.66. The van der Waals surface area contributed by atoms with E-state index in [1.165, 1.54) is 15.9 Å². The minimum atomic E-state index is -0.757. The van der Waals surface area contributed by atoms with Crippen LogP contribution in [0.5, 0.6) is 23.0 Å². The lowest BCUT2D eigenvalue weighted by atomic mass is 9.95. The SMILES string of the molecule is C=CCOc1c(Br)cc(C=c2sc3n(c2=O)C(c2ccc4c(c2)OCO4)C(C(=O)OCC)=C(C)N=3)cc1OC. The van der Waals surface area contributed by atoms with Crippen molar-refractivity contribution in [3.05, 3.63) is 89.5 Å². The molecular formula is C28H25BrN2O7S. The Morgan fingerprint density at radius 1 is 1.28 bits per heavy atom. The van der Waals surface area contributed by atoms with Crippen LogP contribution in [0.4, 0.5) is 0 Å². The van der Waals surface area contributed by atoms with Crippen LogP contribution in [0.15, 0.2) is 68.5 Å². The standard InChI is InChI=1S/C28H25BrN2O7S/c1-5-9-36-25-18(29)10-16(11-21(25)34-4)12-22-26(32)31-24(17-7-8-19-20(13-17)38-14-37-19)23(27(33)35-6-2)15(3)30-28(31)39-22/h5,7-8,10-13,24H,1,6,9,14H2,2-4H3. The van der Waals surface area contributed by atoms with E-state index in [4.69, 9.17) is 23.7 Å². The maximum absolute atomic E-state index is 13.9. The summed E-state index contributed by atoms with van der Waals surface area (Å²) in [5.41, 5.74) is 1.88. The molecule has 5 rings (SSSR count). The molecule has 0 radical (unpaired) electrons. The summed E-state index contributed by atoms with van der Waals surface area (Å²) < 4.78 is 30.2. The third kappa shape index (κ3) is 4.99. The molecule has 1 unspecified atom stereocenters. The fourth-order valence-corrected chi connectivity index (χ4v) is 6.07. The smallest absolute Gasteiger partial charge is 0.338 e. The normalized spacial score (nSPS) is 16.0. The lowest BCUT2D eigenvalue weighted by molar-refractivity contribution is -0.139. The van der Waals surface area contributed by atoms with Crippen molar-refractivity contribution in [1.29, 1.82) is 0 Å². The highest BCUT2D eigenvalue weighted by molar-refractivity contribution is 9.10. The highest BCUT2D eigenvalue weighted by Crippen LogP contribution is 2.39. The molecule has 0 spiro atoms. The first-order chi connectivity index (χ1) is 18.9. The van der Waals surface area contributed by atoms with Crippen LogP contribution in [-0.2, 0) is 9.53 Å². The van der Waals surface area contributed by atoms with Gasteiger partial charge in [-0.15, -0.1) is 0 Å².